The van der Waals surface area contributed by atoms with Crippen LogP contribution in [0.25, 0.3) is 11.3 Å². The van der Waals surface area contributed by atoms with Crippen LogP contribution in [0.2, 0.25) is 0 Å². The lowest BCUT2D eigenvalue weighted by molar-refractivity contribution is -0.139. The van der Waals surface area contributed by atoms with Crippen LogP contribution in [0.15, 0.2) is 53.9 Å². The number of carbonyl (C=O) groups is 3. The van der Waals surface area contributed by atoms with E-state index in [1.54, 1.807) is 29.5 Å². The molecule has 4 rings (SSSR count). The van der Waals surface area contributed by atoms with Crippen LogP contribution in [0.1, 0.15) is 36.9 Å². The van der Waals surface area contributed by atoms with Crippen molar-refractivity contribution in [2.45, 2.75) is 33.2 Å². The summed E-state index contributed by atoms with van der Waals surface area (Å²) in [6.45, 7) is 5.80. The first-order valence-electron chi connectivity index (χ1n) is 10.9. The highest BCUT2D eigenvalue weighted by molar-refractivity contribution is 7.09. The number of nitrogens with zero attached hydrogens (tertiary/aromatic N) is 2. The van der Waals surface area contributed by atoms with E-state index in [9.17, 15) is 14.4 Å². The summed E-state index contributed by atoms with van der Waals surface area (Å²) in [6, 6.07) is 13.8. The number of rotatable bonds is 7. The Balaban J connectivity index is 1.80. The average Bonchev–Trinajstić information content (AvgIpc) is 3.34. The van der Waals surface area contributed by atoms with Crippen LogP contribution in [0.5, 0.6) is 5.75 Å². The van der Waals surface area contributed by atoms with Crippen LogP contribution in [0.3, 0.4) is 0 Å². The molecule has 1 aromatic heterocycles. The maximum atomic E-state index is 13.2. The number of para-hydroxylation sites is 1. The molecule has 0 radical (unpaired) electrons. The maximum absolute atomic E-state index is 13.2. The number of hydrogen-bond donors (Lipinski definition) is 0. The largest absolute Gasteiger partial charge is 0.496 e. The van der Waals surface area contributed by atoms with E-state index >= 15 is 0 Å². The van der Waals surface area contributed by atoms with Gasteiger partial charge < -0.3 is 4.74 Å². The summed E-state index contributed by atoms with van der Waals surface area (Å²) in [7, 11) is 1.54. The van der Waals surface area contributed by atoms with Gasteiger partial charge in [-0.15, -0.1) is 11.3 Å². The third-order valence-corrected chi connectivity index (χ3v) is 6.55. The third-order valence-electron chi connectivity index (χ3n) is 5.78. The van der Waals surface area contributed by atoms with Gasteiger partial charge in [0.1, 0.15) is 17.5 Å². The van der Waals surface area contributed by atoms with Crippen molar-refractivity contribution in [1.82, 2.24) is 4.98 Å². The van der Waals surface area contributed by atoms with Crippen LogP contribution in [-0.2, 0) is 14.4 Å². The van der Waals surface area contributed by atoms with Gasteiger partial charge >= 0.3 is 0 Å². The Morgan fingerprint density at radius 1 is 1.12 bits per heavy atom. The summed E-state index contributed by atoms with van der Waals surface area (Å²) in [5.41, 5.74) is 2.97. The van der Waals surface area contributed by atoms with Crippen molar-refractivity contribution < 1.29 is 19.1 Å². The molecule has 0 bridgehead atoms. The van der Waals surface area contributed by atoms with Crippen LogP contribution in [0, 0.1) is 18.8 Å². The van der Waals surface area contributed by atoms with E-state index in [-0.39, 0.29) is 18.1 Å². The number of anilines is 1. The number of ether oxygens (including phenoxy) is 1. The topological polar surface area (TPSA) is 76.6 Å². The summed E-state index contributed by atoms with van der Waals surface area (Å²) in [4.78, 5) is 45.5. The number of aromatic nitrogens is 1. The molecular formula is C26H26N2O4S. The third kappa shape index (κ3) is 4.33. The van der Waals surface area contributed by atoms with Crippen LogP contribution in [-0.4, -0.2) is 29.6 Å². The minimum Gasteiger partial charge on any atom is -0.496 e. The lowest BCUT2D eigenvalue weighted by Gasteiger charge is -2.28. The lowest BCUT2D eigenvalue weighted by atomic mass is 9.85. The molecule has 1 amide bonds. The van der Waals surface area contributed by atoms with Crippen molar-refractivity contribution in [3.8, 4) is 17.0 Å². The molecule has 1 fully saturated rings. The van der Waals surface area contributed by atoms with Gasteiger partial charge in [-0.2, -0.15) is 0 Å². The van der Waals surface area contributed by atoms with Crippen molar-refractivity contribution in [2.75, 3.05) is 12.0 Å². The summed E-state index contributed by atoms with van der Waals surface area (Å²) in [5, 5.41) is 2.95. The minimum atomic E-state index is -1.07. The molecule has 2 unspecified atom stereocenters. The van der Waals surface area contributed by atoms with Crippen LogP contribution >= 0.6 is 11.3 Å². The second-order valence-electron chi connectivity index (χ2n) is 8.57. The first kappa shape index (κ1) is 22.9. The van der Waals surface area contributed by atoms with Gasteiger partial charge in [0.15, 0.2) is 0 Å². The Hall–Kier alpha value is -3.32. The second kappa shape index (κ2) is 9.27. The van der Waals surface area contributed by atoms with E-state index in [1.807, 2.05) is 56.5 Å². The fourth-order valence-electron chi connectivity index (χ4n) is 4.32. The molecule has 2 aromatic carbocycles. The van der Waals surface area contributed by atoms with Gasteiger partial charge in [0.2, 0.25) is 5.78 Å². The van der Waals surface area contributed by atoms with E-state index < -0.39 is 23.7 Å². The highest BCUT2D eigenvalue weighted by atomic mass is 32.1. The number of ketones is 2. The number of thiazole rings is 1. The number of amides is 1. The monoisotopic (exact) mass is 462 g/mol. The van der Waals surface area contributed by atoms with E-state index in [2.05, 4.69) is 4.98 Å². The smallest absolute Gasteiger partial charge is 0.295 e. The van der Waals surface area contributed by atoms with Crippen molar-refractivity contribution in [3.05, 3.63) is 64.5 Å². The zero-order chi connectivity index (χ0) is 23.7. The van der Waals surface area contributed by atoms with Crippen LogP contribution < -0.4 is 9.64 Å². The van der Waals surface area contributed by atoms with Crippen molar-refractivity contribution >= 4 is 34.5 Å². The molecule has 0 aliphatic carbocycles. The molecule has 0 saturated carbocycles. The number of methoxy groups -OCH3 is 1. The van der Waals surface area contributed by atoms with E-state index in [0.717, 1.165) is 16.3 Å². The predicted molar refractivity (Wildman–Crippen MR) is 128 cm³/mol. The quantitative estimate of drug-likeness (QED) is 0.364. The Morgan fingerprint density at radius 3 is 2.42 bits per heavy atom. The van der Waals surface area contributed by atoms with E-state index in [4.69, 9.17) is 4.74 Å². The maximum Gasteiger partial charge on any atom is 0.295 e. The molecule has 3 aromatic rings. The predicted octanol–water partition coefficient (Wildman–Crippen LogP) is 5.02. The number of carbonyl (C=O) groups excluding carboxylic acids is 3. The highest BCUT2D eigenvalue weighted by Gasteiger charge is 2.52. The summed E-state index contributed by atoms with van der Waals surface area (Å²) >= 11 is 1.57. The molecule has 1 saturated heterocycles. The normalized spacial score (nSPS) is 18.3. The Bertz CT molecular complexity index is 1200. The summed E-state index contributed by atoms with van der Waals surface area (Å²) in [6.07, 6.45) is 0.227. The Labute approximate surface area is 197 Å². The molecular weight excluding hydrogens is 436 g/mol. The number of aryl methyl sites for hydroxylation is 1. The Morgan fingerprint density at radius 2 is 1.82 bits per heavy atom. The zero-order valence-corrected chi connectivity index (χ0v) is 19.9. The van der Waals surface area contributed by atoms with Gasteiger partial charge in [-0.3, -0.25) is 19.3 Å². The van der Waals surface area contributed by atoms with Crippen molar-refractivity contribution in [1.29, 1.82) is 0 Å². The molecule has 2 atom stereocenters. The van der Waals surface area contributed by atoms with Gasteiger partial charge in [0, 0.05) is 28.6 Å². The SMILES string of the molecule is COc1ccccc1C1C(C(=O)CC(C)C)C(=O)C(=O)N1c1ccc(-c2csc(C)n2)cc1. The molecule has 0 spiro atoms. The van der Waals surface area contributed by atoms with E-state index in [0.29, 0.717) is 17.0 Å². The lowest BCUT2D eigenvalue weighted by Crippen LogP contribution is -2.31. The first-order valence-corrected chi connectivity index (χ1v) is 11.8. The molecule has 1 aliphatic rings. The number of Topliss-reactive ketones (excluding diaryl/α,β-unsaturated/α-hetero) is 2. The Kier molecular flexibility index (Phi) is 6.42. The van der Waals surface area contributed by atoms with Gasteiger partial charge in [-0.1, -0.05) is 44.2 Å². The van der Waals surface area contributed by atoms with Gasteiger partial charge in [0.05, 0.1) is 23.9 Å². The highest BCUT2D eigenvalue weighted by Crippen LogP contribution is 2.44. The zero-order valence-electron chi connectivity index (χ0n) is 19.1. The number of hydrogen-bond acceptors (Lipinski definition) is 6. The fraction of sp³-hybridized carbons (Fsp3) is 0.308. The minimum absolute atomic E-state index is 0.0774. The molecule has 170 valence electrons. The molecule has 2 heterocycles. The first-order chi connectivity index (χ1) is 15.8. The standard InChI is InChI=1S/C26H26N2O4S/c1-15(2)13-21(29)23-24(19-7-5-6-8-22(19)32-4)28(26(31)25(23)30)18-11-9-17(10-12-18)20-14-33-16(3)27-20/h5-12,14-15,23-24H,13H2,1-4H3. The number of benzene rings is 2. The molecule has 1 aliphatic heterocycles. The summed E-state index contributed by atoms with van der Waals surface area (Å²) in [5.74, 6) is -2.03. The van der Waals surface area contributed by atoms with Crippen molar-refractivity contribution in [2.24, 2.45) is 11.8 Å². The van der Waals surface area contributed by atoms with Gasteiger partial charge in [-0.05, 0) is 31.0 Å². The second-order valence-corrected chi connectivity index (χ2v) is 9.63. The van der Waals surface area contributed by atoms with Gasteiger partial charge in [0.25, 0.3) is 5.91 Å². The molecule has 7 heteroatoms. The average molecular weight is 463 g/mol. The fourth-order valence-corrected chi connectivity index (χ4v) is 4.94. The van der Waals surface area contributed by atoms with Crippen LogP contribution in [0.4, 0.5) is 5.69 Å². The van der Waals surface area contributed by atoms with Crippen molar-refractivity contribution in [3.63, 3.8) is 0 Å². The van der Waals surface area contributed by atoms with E-state index in [1.165, 1.54) is 12.0 Å². The summed E-state index contributed by atoms with van der Waals surface area (Å²) < 4.78 is 5.53. The molecule has 0 N–H and O–H groups in total. The van der Waals surface area contributed by atoms with Gasteiger partial charge in [-0.25, -0.2) is 4.98 Å². The molecule has 33 heavy (non-hydrogen) atoms. The molecule has 6 nitrogen and oxygen atoms in total.